The van der Waals surface area contributed by atoms with E-state index in [1.165, 1.54) is 12.8 Å². The molecule has 1 fully saturated rings. The quantitative estimate of drug-likeness (QED) is 0.742. The SMILES string of the molecule is CCCN(CCN(C)C)C(=O)CC1CCCNC1. The van der Waals surface area contributed by atoms with Gasteiger partial charge in [-0.3, -0.25) is 4.79 Å². The molecule has 1 aliphatic heterocycles. The lowest BCUT2D eigenvalue weighted by Crippen LogP contribution is -2.40. The monoisotopic (exact) mass is 255 g/mol. The van der Waals surface area contributed by atoms with E-state index in [-0.39, 0.29) is 0 Å². The standard InChI is InChI=1S/C14H29N3O/c1-4-8-17(10-9-16(2)3)14(18)11-13-6-5-7-15-12-13/h13,15H,4-12H2,1-3H3. The zero-order valence-electron chi connectivity index (χ0n) is 12.2. The summed E-state index contributed by atoms with van der Waals surface area (Å²) in [5.41, 5.74) is 0. The molecule has 1 unspecified atom stereocenters. The van der Waals surface area contributed by atoms with E-state index >= 15 is 0 Å². The number of amides is 1. The summed E-state index contributed by atoms with van der Waals surface area (Å²) in [6, 6.07) is 0. The van der Waals surface area contributed by atoms with Crippen molar-refractivity contribution in [2.75, 3.05) is 46.8 Å². The van der Waals surface area contributed by atoms with Gasteiger partial charge >= 0.3 is 0 Å². The van der Waals surface area contributed by atoms with E-state index < -0.39 is 0 Å². The molecule has 0 aromatic heterocycles. The predicted octanol–water partition coefficient (Wildman–Crippen LogP) is 1.18. The van der Waals surface area contributed by atoms with Crippen LogP contribution < -0.4 is 5.32 Å². The maximum atomic E-state index is 12.3. The highest BCUT2D eigenvalue weighted by Gasteiger charge is 2.20. The molecule has 0 aromatic rings. The third-order valence-electron chi connectivity index (χ3n) is 3.53. The van der Waals surface area contributed by atoms with Crippen LogP contribution in [0.4, 0.5) is 0 Å². The number of carbonyl (C=O) groups is 1. The lowest BCUT2D eigenvalue weighted by atomic mass is 9.95. The van der Waals surface area contributed by atoms with Gasteiger partial charge in [0.05, 0.1) is 0 Å². The molecular formula is C14H29N3O. The van der Waals surface area contributed by atoms with Crippen molar-refractivity contribution in [2.45, 2.75) is 32.6 Å². The summed E-state index contributed by atoms with van der Waals surface area (Å²) < 4.78 is 0. The van der Waals surface area contributed by atoms with Gasteiger partial charge in [-0.05, 0) is 52.4 Å². The minimum Gasteiger partial charge on any atom is -0.341 e. The van der Waals surface area contributed by atoms with Gasteiger partial charge in [0.1, 0.15) is 0 Å². The Kier molecular flexibility index (Phi) is 7.28. The topological polar surface area (TPSA) is 35.6 Å². The van der Waals surface area contributed by atoms with Crippen LogP contribution >= 0.6 is 0 Å². The van der Waals surface area contributed by atoms with E-state index in [4.69, 9.17) is 0 Å². The second kappa shape index (κ2) is 8.48. The van der Waals surface area contributed by atoms with Crippen LogP contribution in [0.1, 0.15) is 32.6 Å². The summed E-state index contributed by atoms with van der Waals surface area (Å²) in [5, 5.41) is 3.38. The summed E-state index contributed by atoms with van der Waals surface area (Å²) in [7, 11) is 4.11. The average molecular weight is 255 g/mol. The Morgan fingerprint density at radius 3 is 2.61 bits per heavy atom. The molecule has 18 heavy (non-hydrogen) atoms. The van der Waals surface area contributed by atoms with Crippen LogP contribution in [-0.4, -0.2) is 62.5 Å². The zero-order chi connectivity index (χ0) is 13.4. The molecule has 1 atom stereocenters. The third kappa shape index (κ3) is 5.83. The first-order chi connectivity index (χ1) is 8.63. The lowest BCUT2D eigenvalue weighted by Gasteiger charge is -2.28. The summed E-state index contributed by atoms with van der Waals surface area (Å²) in [4.78, 5) is 16.5. The van der Waals surface area contributed by atoms with E-state index in [9.17, 15) is 4.79 Å². The molecule has 1 heterocycles. The zero-order valence-corrected chi connectivity index (χ0v) is 12.2. The molecule has 0 spiro atoms. The highest BCUT2D eigenvalue weighted by Crippen LogP contribution is 2.15. The van der Waals surface area contributed by atoms with Crippen LogP contribution in [-0.2, 0) is 4.79 Å². The third-order valence-corrected chi connectivity index (χ3v) is 3.53. The minimum atomic E-state index is 0.340. The fourth-order valence-electron chi connectivity index (χ4n) is 2.43. The Morgan fingerprint density at radius 2 is 2.06 bits per heavy atom. The van der Waals surface area contributed by atoms with E-state index in [1.807, 2.05) is 4.90 Å². The largest absolute Gasteiger partial charge is 0.341 e. The van der Waals surface area contributed by atoms with Crippen LogP contribution in [0.3, 0.4) is 0 Å². The molecule has 0 aliphatic carbocycles. The van der Waals surface area contributed by atoms with Crippen LogP contribution in [0.2, 0.25) is 0 Å². The molecule has 0 radical (unpaired) electrons. The Balaban J connectivity index is 2.37. The van der Waals surface area contributed by atoms with E-state index in [2.05, 4.69) is 31.2 Å². The Bertz CT molecular complexity index is 237. The van der Waals surface area contributed by atoms with Gasteiger partial charge in [0.2, 0.25) is 5.91 Å². The van der Waals surface area contributed by atoms with Crippen LogP contribution in [0.15, 0.2) is 0 Å². The second-order valence-corrected chi connectivity index (χ2v) is 5.60. The van der Waals surface area contributed by atoms with Crippen molar-refractivity contribution in [3.8, 4) is 0 Å². The average Bonchev–Trinajstić information content (AvgIpc) is 2.35. The molecule has 1 aliphatic rings. The van der Waals surface area contributed by atoms with E-state index in [0.29, 0.717) is 11.8 Å². The molecule has 1 amide bonds. The van der Waals surface area contributed by atoms with Gasteiger partial charge in [0.25, 0.3) is 0 Å². The first-order valence-corrected chi connectivity index (χ1v) is 7.26. The second-order valence-electron chi connectivity index (χ2n) is 5.60. The molecular weight excluding hydrogens is 226 g/mol. The van der Waals surface area contributed by atoms with Crippen LogP contribution in [0, 0.1) is 5.92 Å². The van der Waals surface area contributed by atoms with Gasteiger partial charge in [-0.15, -0.1) is 0 Å². The highest BCUT2D eigenvalue weighted by atomic mass is 16.2. The number of nitrogens with zero attached hydrogens (tertiary/aromatic N) is 2. The van der Waals surface area contributed by atoms with Crippen molar-refractivity contribution in [2.24, 2.45) is 5.92 Å². The Labute approximate surface area is 112 Å². The summed E-state index contributed by atoms with van der Waals surface area (Å²) in [6.07, 6.45) is 4.18. The van der Waals surface area contributed by atoms with Gasteiger partial charge in [-0.1, -0.05) is 6.92 Å². The maximum absolute atomic E-state index is 12.3. The smallest absolute Gasteiger partial charge is 0.222 e. The van der Waals surface area contributed by atoms with Crippen molar-refractivity contribution >= 4 is 5.91 Å². The first-order valence-electron chi connectivity index (χ1n) is 7.26. The first kappa shape index (κ1) is 15.4. The summed E-state index contributed by atoms with van der Waals surface area (Å²) in [6.45, 7) is 6.97. The van der Waals surface area contributed by atoms with Gasteiger partial charge in [0, 0.05) is 26.1 Å². The van der Waals surface area contributed by atoms with Gasteiger partial charge in [-0.25, -0.2) is 0 Å². The normalized spacial score (nSPS) is 20.1. The fraction of sp³-hybridized carbons (Fsp3) is 0.929. The number of hydrogen-bond donors (Lipinski definition) is 1. The fourth-order valence-corrected chi connectivity index (χ4v) is 2.43. The summed E-state index contributed by atoms with van der Waals surface area (Å²) >= 11 is 0. The van der Waals surface area contributed by atoms with Crippen molar-refractivity contribution in [3.05, 3.63) is 0 Å². The molecule has 4 heteroatoms. The summed E-state index contributed by atoms with van der Waals surface area (Å²) in [5.74, 6) is 0.886. The van der Waals surface area contributed by atoms with Crippen LogP contribution in [0.5, 0.6) is 0 Å². The number of nitrogens with one attached hydrogen (secondary N) is 1. The van der Waals surface area contributed by atoms with Gasteiger partial charge in [0.15, 0.2) is 0 Å². The number of piperidine rings is 1. The molecule has 1 saturated heterocycles. The van der Waals surface area contributed by atoms with Crippen molar-refractivity contribution in [1.82, 2.24) is 15.1 Å². The van der Waals surface area contributed by atoms with Crippen molar-refractivity contribution in [1.29, 1.82) is 0 Å². The van der Waals surface area contributed by atoms with Gasteiger partial charge < -0.3 is 15.1 Å². The van der Waals surface area contributed by atoms with Crippen molar-refractivity contribution in [3.63, 3.8) is 0 Å². The Hall–Kier alpha value is -0.610. The molecule has 1 N–H and O–H groups in total. The number of likely N-dealkylation sites (N-methyl/N-ethyl adjacent to an activating group) is 1. The minimum absolute atomic E-state index is 0.340. The number of carbonyl (C=O) groups excluding carboxylic acids is 1. The molecule has 0 saturated carbocycles. The highest BCUT2D eigenvalue weighted by molar-refractivity contribution is 5.76. The molecule has 4 nitrogen and oxygen atoms in total. The molecule has 106 valence electrons. The number of hydrogen-bond acceptors (Lipinski definition) is 3. The van der Waals surface area contributed by atoms with Gasteiger partial charge in [-0.2, -0.15) is 0 Å². The molecule has 0 bridgehead atoms. The molecule has 0 aromatic carbocycles. The van der Waals surface area contributed by atoms with E-state index in [1.54, 1.807) is 0 Å². The number of rotatable bonds is 7. The van der Waals surface area contributed by atoms with Crippen molar-refractivity contribution < 1.29 is 4.79 Å². The molecule has 1 rings (SSSR count). The Morgan fingerprint density at radius 1 is 1.28 bits per heavy atom. The van der Waals surface area contributed by atoms with Crippen LogP contribution in [0.25, 0.3) is 0 Å². The predicted molar refractivity (Wildman–Crippen MR) is 75.6 cm³/mol. The van der Waals surface area contributed by atoms with E-state index in [0.717, 1.165) is 45.6 Å². The lowest BCUT2D eigenvalue weighted by molar-refractivity contribution is -0.132. The maximum Gasteiger partial charge on any atom is 0.222 e.